The summed E-state index contributed by atoms with van der Waals surface area (Å²) in [7, 11) is 1.58. The highest BCUT2D eigenvalue weighted by molar-refractivity contribution is 5.41. The molecular formula is C8H8F2N2. The van der Waals surface area contributed by atoms with Gasteiger partial charge in [-0.05, 0) is 12.3 Å². The summed E-state index contributed by atoms with van der Waals surface area (Å²) in [4.78, 5) is 0. The summed E-state index contributed by atoms with van der Waals surface area (Å²) in [5.41, 5.74) is 0.913. The first-order chi connectivity index (χ1) is 5.62. The van der Waals surface area contributed by atoms with Gasteiger partial charge in [0.05, 0.1) is 6.20 Å². The molecule has 0 spiro atoms. The lowest BCUT2D eigenvalue weighted by atomic mass is 10.2. The van der Waals surface area contributed by atoms with Crippen molar-refractivity contribution in [3.63, 3.8) is 0 Å². The van der Waals surface area contributed by atoms with E-state index in [4.69, 9.17) is 0 Å². The van der Waals surface area contributed by atoms with E-state index in [0.29, 0.717) is 6.42 Å². The topological polar surface area (TPSA) is 17.8 Å². The Balaban J connectivity index is 2.28. The fraction of sp³-hybridized carbons (Fsp3) is 0.625. The van der Waals surface area contributed by atoms with Crippen molar-refractivity contribution in [1.82, 2.24) is 9.78 Å². The second kappa shape index (κ2) is 1.56. The van der Waals surface area contributed by atoms with Crippen LogP contribution in [-0.2, 0) is 13.0 Å². The lowest BCUT2D eigenvalue weighted by Gasteiger charge is -2.12. The quantitative estimate of drug-likeness (QED) is 0.578. The Morgan fingerprint density at radius 2 is 2.42 bits per heavy atom. The minimum atomic E-state index is -2.62. The first-order valence-corrected chi connectivity index (χ1v) is 4.02. The Bertz CT molecular complexity index is 356. The molecular weight excluding hydrogens is 162 g/mol. The van der Waals surface area contributed by atoms with Gasteiger partial charge in [-0.15, -0.1) is 0 Å². The third-order valence-electron chi connectivity index (χ3n) is 2.94. The van der Waals surface area contributed by atoms with Gasteiger partial charge in [0.25, 0.3) is 5.92 Å². The van der Waals surface area contributed by atoms with Gasteiger partial charge < -0.3 is 0 Å². The number of hydrogen-bond acceptors (Lipinski definition) is 1. The summed E-state index contributed by atoms with van der Waals surface area (Å²) >= 11 is 0. The average Bonchev–Trinajstić information content (AvgIpc) is 2.64. The zero-order chi connectivity index (χ0) is 8.51. The molecule has 0 amide bonds. The van der Waals surface area contributed by atoms with E-state index in [9.17, 15) is 8.78 Å². The van der Waals surface area contributed by atoms with Gasteiger partial charge >= 0.3 is 0 Å². The lowest BCUT2D eigenvalue weighted by Crippen LogP contribution is -2.18. The molecule has 1 heterocycles. The number of rotatable bonds is 0. The molecule has 1 saturated carbocycles. The van der Waals surface area contributed by atoms with E-state index < -0.39 is 11.8 Å². The molecule has 0 aliphatic heterocycles. The summed E-state index contributed by atoms with van der Waals surface area (Å²) in [6.45, 7) is 0. The van der Waals surface area contributed by atoms with Crippen molar-refractivity contribution >= 4 is 0 Å². The van der Waals surface area contributed by atoms with Crippen LogP contribution in [0.3, 0.4) is 0 Å². The Labute approximate surface area is 68.2 Å². The predicted octanol–water partition coefficient (Wildman–Crippen LogP) is 1.63. The fourth-order valence-corrected chi connectivity index (χ4v) is 2.25. The van der Waals surface area contributed by atoms with Crippen LogP contribution in [0.15, 0.2) is 6.20 Å². The first-order valence-electron chi connectivity index (χ1n) is 4.02. The maximum absolute atomic E-state index is 13.4. The Kier molecular flexibility index (Phi) is 0.852. The molecule has 1 aromatic heterocycles. The molecule has 3 rings (SSSR count). The third-order valence-corrected chi connectivity index (χ3v) is 2.94. The van der Waals surface area contributed by atoms with Crippen LogP contribution in [0.1, 0.15) is 23.6 Å². The van der Waals surface area contributed by atoms with Crippen molar-refractivity contribution in [3.05, 3.63) is 17.5 Å². The van der Waals surface area contributed by atoms with Crippen LogP contribution in [0.5, 0.6) is 0 Å². The number of fused-ring (bicyclic) bond motifs is 3. The molecule has 0 aromatic carbocycles. The van der Waals surface area contributed by atoms with Gasteiger partial charge in [0.2, 0.25) is 0 Å². The van der Waals surface area contributed by atoms with Crippen LogP contribution in [-0.4, -0.2) is 9.78 Å². The van der Waals surface area contributed by atoms with Crippen molar-refractivity contribution < 1.29 is 8.78 Å². The van der Waals surface area contributed by atoms with Gasteiger partial charge in [-0.1, -0.05) is 0 Å². The highest BCUT2D eigenvalue weighted by atomic mass is 19.3. The SMILES string of the molecule is Cn1ncc2c1C(F)(F)[C@@H]1C[C@H]21. The number of alkyl halides is 2. The number of aryl methyl sites for hydroxylation is 1. The maximum Gasteiger partial charge on any atom is 0.293 e. The molecule has 1 fully saturated rings. The van der Waals surface area contributed by atoms with Crippen molar-refractivity contribution in [3.8, 4) is 0 Å². The van der Waals surface area contributed by atoms with E-state index >= 15 is 0 Å². The van der Waals surface area contributed by atoms with Gasteiger partial charge in [0.1, 0.15) is 5.69 Å². The van der Waals surface area contributed by atoms with Crippen molar-refractivity contribution in [2.24, 2.45) is 13.0 Å². The molecule has 0 saturated heterocycles. The molecule has 2 nitrogen and oxygen atoms in total. The standard InChI is InChI=1S/C8H8F2N2/c1-12-7-5(3-11-12)4-2-6(4)8(7,9)10/h3-4,6H,2H2,1H3/t4-,6-/m1/s1. The summed E-state index contributed by atoms with van der Waals surface area (Å²) in [5.74, 6) is -2.94. The lowest BCUT2D eigenvalue weighted by molar-refractivity contribution is -0.0301. The highest BCUT2D eigenvalue weighted by Gasteiger charge is 2.65. The minimum Gasteiger partial charge on any atom is -0.266 e. The summed E-state index contributed by atoms with van der Waals surface area (Å²) < 4.78 is 28.1. The van der Waals surface area contributed by atoms with Gasteiger partial charge in [-0.3, -0.25) is 4.68 Å². The van der Waals surface area contributed by atoms with Gasteiger partial charge in [-0.2, -0.15) is 13.9 Å². The molecule has 0 unspecified atom stereocenters. The molecule has 4 heteroatoms. The number of nitrogens with zero attached hydrogens (tertiary/aromatic N) is 2. The maximum atomic E-state index is 13.4. The normalized spacial score (nSPS) is 34.6. The van der Waals surface area contributed by atoms with Crippen LogP contribution in [0.4, 0.5) is 8.78 Å². The zero-order valence-corrected chi connectivity index (χ0v) is 6.59. The molecule has 0 bridgehead atoms. The highest BCUT2D eigenvalue weighted by Crippen LogP contribution is 2.66. The van der Waals surface area contributed by atoms with Crippen molar-refractivity contribution in [2.75, 3.05) is 0 Å². The van der Waals surface area contributed by atoms with Crippen LogP contribution in [0.25, 0.3) is 0 Å². The summed E-state index contributed by atoms with van der Waals surface area (Å²) in [5, 5.41) is 3.85. The van der Waals surface area contributed by atoms with Gasteiger partial charge in [-0.25, -0.2) is 0 Å². The van der Waals surface area contributed by atoms with E-state index in [1.165, 1.54) is 4.68 Å². The average molecular weight is 170 g/mol. The Morgan fingerprint density at radius 3 is 3.08 bits per heavy atom. The monoisotopic (exact) mass is 170 g/mol. The van der Waals surface area contributed by atoms with Crippen molar-refractivity contribution in [2.45, 2.75) is 18.3 Å². The molecule has 1 aromatic rings. The van der Waals surface area contributed by atoms with Gasteiger partial charge in [0, 0.05) is 18.5 Å². The Morgan fingerprint density at radius 1 is 1.67 bits per heavy atom. The second-order valence-electron chi connectivity index (χ2n) is 3.64. The number of aromatic nitrogens is 2. The first kappa shape index (κ1) is 6.57. The van der Waals surface area contributed by atoms with Crippen LogP contribution in [0.2, 0.25) is 0 Å². The Hall–Kier alpha value is -0.930. The smallest absolute Gasteiger partial charge is 0.266 e. The zero-order valence-electron chi connectivity index (χ0n) is 6.59. The van der Waals surface area contributed by atoms with E-state index in [1.807, 2.05) is 0 Å². The largest absolute Gasteiger partial charge is 0.293 e. The summed E-state index contributed by atoms with van der Waals surface area (Å²) in [6, 6.07) is 0. The van der Waals surface area contributed by atoms with Crippen LogP contribution >= 0.6 is 0 Å². The molecule has 2 aliphatic carbocycles. The minimum absolute atomic E-state index is 0.101. The molecule has 2 atom stereocenters. The third kappa shape index (κ3) is 0.509. The fourth-order valence-electron chi connectivity index (χ4n) is 2.25. The molecule has 0 radical (unpaired) electrons. The van der Waals surface area contributed by atoms with E-state index in [1.54, 1.807) is 13.2 Å². The van der Waals surface area contributed by atoms with E-state index in [0.717, 1.165) is 5.56 Å². The van der Waals surface area contributed by atoms with Crippen LogP contribution < -0.4 is 0 Å². The van der Waals surface area contributed by atoms with E-state index in [-0.39, 0.29) is 11.6 Å². The van der Waals surface area contributed by atoms with Crippen LogP contribution in [0, 0.1) is 5.92 Å². The second-order valence-corrected chi connectivity index (χ2v) is 3.64. The number of halogens is 2. The van der Waals surface area contributed by atoms with Crippen molar-refractivity contribution in [1.29, 1.82) is 0 Å². The molecule has 64 valence electrons. The molecule has 0 N–H and O–H groups in total. The van der Waals surface area contributed by atoms with E-state index in [2.05, 4.69) is 5.10 Å². The number of hydrogen-bond donors (Lipinski definition) is 0. The molecule has 2 aliphatic rings. The van der Waals surface area contributed by atoms with Gasteiger partial charge in [0.15, 0.2) is 0 Å². The molecule has 12 heavy (non-hydrogen) atoms. The summed E-state index contributed by atoms with van der Waals surface area (Å²) in [6.07, 6.45) is 2.23. The predicted molar refractivity (Wildman–Crippen MR) is 38.0 cm³/mol.